The van der Waals surface area contributed by atoms with Crippen LogP contribution in [-0.2, 0) is 11.2 Å². The first-order valence-electron chi connectivity index (χ1n) is 11.8. The largest absolute Gasteiger partial charge is 0.338 e. The minimum Gasteiger partial charge on any atom is -0.338 e. The number of rotatable bonds is 8. The smallest absolute Gasteiger partial charge is 0.321 e. The average molecular weight is 503 g/mol. The van der Waals surface area contributed by atoms with E-state index < -0.39 is 0 Å². The Hall–Kier alpha value is -3.69. The zero-order chi connectivity index (χ0) is 25.7. The van der Waals surface area contributed by atoms with Gasteiger partial charge in [-0.1, -0.05) is 23.5 Å². The second-order valence-electron chi connectivity index (χ2n) is 9.45. The molecule has 186 valence electrons. The number of ketones is 1. The number of fused-ring (bicyclic) bond motifs is 1. The van der Waals surface area contributed by atoms with Gasteiger partial charge in [-0.05, 0) is 63.6 Å². The number of anilines is 1. The molecule has 36 heavy (non-hydrogen) atoms. The minimum absolute atomic E-state index is 0.0960. The number of urea groups is 1. The van der Waals surface area contributed by atoms with Crippen LogP contribution in [0.4, 0.5) is 9.93 Å². The van der Waals surface area contributed by atoms with Gasteiger partial charge in [-0.25, -0.2) is 9.78 Å². The fourth-order valence-electron chi connectivity index (χ4n) is 3.60. The Labute approximate surface area is 214 Å². The van der Waals surface area contributed by atoms with E-state index in [1.807, 2.05) is 64.1 Å². The molecular formula is C27H30N6O2S. The van der Waals surface area contributed by atoms with Crippen LogP contribution in [0.5, 0.6) is 0 Å². The Morgan fingerprint density at radius 3 is 2.53 bits per heavy atom. The molecule has 0 atom stereocenters. The third kappa shape index (κ3) is 6.50. The number of Topliss-reactive ketones (excluding diaryl/α,β-unsaturated/α-hetero) is 1. The van der Waals surface area contributed by atoms with Crippen LogP contribution in [0.3, 0.4) is 0 Å². The lowest BCUT2D eigenvalue weighted by Gasteiger charge is -2.19. The Morgan fingerprint density at radius 2 is 1.86 bits per heavy atom. The summed E-state index contributed by atoms with van der Waals surface area (Å²) in [5, 5.41) is 9.26. The fraction of sp³-hybridized carbons (Fsp3) is 0.296. The molecule has 2 amide bonds. The summed E-state index contributed by atoms with van der Waals surface area (Å²) < 4.78 is 0.936. The molecule has 0 saturated heterocycles. The van der Waals surface area contributed by atoms with Crippen molar-refractivity contribution in [3.8, 4) is 22.4 Å². The summed E-state index contributed by atoms with van der Waals surface area (Å²) in [6.45, 7) is 8.80. The first-order chi connectivity index (χ1) is 17.2. The maximum atomic E-state index is 12.3. The van der Waals surface area contributed by atoms with Crippen molar-refractivity contribution in [2.24, 2.45) is 0 Å². The monoisotopic (exact) mass is 502 g/mol. The first-order valence-corrected chi connectivity index (χ1v) is 12.7. The van der Waals surface area contributed by atoms with E-state index in [2.05, 4.69) is 37.0 Å². The van der Waals surface area contributed by atoms with Crippen LogP contribution in [0.2, 0.25) is 0 Å². The minimum atomic E-state index is -0.289. The molecule has 3 heterocycles. The number of hydrogen-bond acceptors (Lipinski definition) is 7. The van der Waals surface area contributed by atoms with Crippen molar-refractivity contribution in [3.63, 3.8) is 0 Å². The Bertz CT molecular complexity index is 1360. The van der Waals surface area contributed by atoms with Crippen LogP contribution in [0.25, 0.3) is 32.6 Å². The summed E-state index contributed by atoms with van der Waals surface area (Å²) >= 11 is 1.41. The highest BCUT2D eigenvalue weighted by Crippen LogP contribution is 2.38. The number of carbonyl (C=O) groups is 2. The van der Waals surface area contributed by atoms with Gasteiger partial charge in [0.1, 0.15) is 0 Å². The third-order valence-corrected chi connectivity index (χ3v) is 6.36. The predicted molar refractivity (Wildman–Crippen MR) is 145 cm³/mol. The van der Waals surface area contributed by atoms with E-state index in [1.54, 1.807) is 12.4 Å². The van der Waals surface area contributed by atoms with Crippen molar-refractivity contribution in [3.05, 3.63) is 60.6 Å². The maximum Gasteiger partial charge on any atom is 0.321 e. The topological polar surface area (TPSA) is 109 Å². The summed E-state index contributed by atoms with van der Waals surface area (Å²) in [7, 11) is 0. The molecule has 0 unspecified atom stereocenters. The second-order valence-corrected chi connectivity index (χ2v) is 10.4. The molecule has 8 nitrogen and oxygen atoms in total. The number of amides is 2. The van der Waals surface area contributed by atoms with E-state index >= 15 is 0 Å². The number of nitrogens with one attached hydrogen (secondary N) is 3. The van der Waals surface area contributed by atoms with Gasteiger partial charge in [0.25, 0.3) is 0 Å². The lowest BCUT2D eigenvalue weighted by Crippen LogP contribution is -2.39. The molecule has 0 aliphatic heterocycles. The lowest BCUT2D eigenvalue weighted by atomic mass is 10.0. The van der Waals surface area contributed by atoms with Gasteiger partial charge in [0, 0.05) is 41.3 Å². The Balaban J connectivity index is 1.63. The average Bonchev–Trinajstić information content (AvgIpc) is 3.25. The molecule has 3 N–H and O–H groups in total. The molecular weight excluding hydrogens is 472 g/mol. The highest BCUT2D eigenvalue weighted by Gasteiger charge is 2.16. The molecule has 9 heteroatoms. The van der Waals surface area contributed by atoms with Crippen LogP contribution >= 0.6 is 11.3 Å². The molecule has 4 aromatic rings. The lowest BCUT2D eigenvalue weighted by molar-refractivity contribution is -0.117. The van der Waals surface area contributed by atoms with E-state index in [9.17, 15) is 9.59 Å². The highest BCUT2D eigenvalue weighted by molar-refractivity contribution is 7.22. The summed E-state index contributed by atoms with van der Waals surface area (Å²) in [5.41, 5.74) is 4.96. The normalized spacial score (nSPS) is 11.4. The van der Waals surface area contributed by atoms with E-state index in [0.29, 0.717) is 18.2 Å². The van der Waals surface area contributed by atoms with Crippen molar-refractivity contribution in [1.82, 2.24) is 25.6 Å². The molecule has 4 rings (SSSR count). The number of hydrogen-bond donors (Lipinski definition) is 3. The Kier molecular flexibility index (Phi) is 7.71. The molecule has 0 fully saturated rings. The molecule has 0 aliphatic carbocycles. The van der Waals surface area contributed by atoms with Crippen LogP contribution in [-0.4, -0.2) is 45.4 Å². The summed E-state index contributed by atoms with van der Waals surface area (Å²) in [6, 6.07) is 13.4. The van der Waals surface area contributed by atoms with Gasteiger partial charge >= 0.3 is 6.03 Å². The van der Waals surface area contributed by atoms with Crippen LogP contribution < -0.4 is 16.0 Å². The standard InChI is InChI=1S/C27H30N6O2S/c1-5-28-25(35)33-26-32-23-13-18(12-21(24(23)36-26)22-8-6-7-11-29-22)17-9-10-19(30-15-17)14-20(34)16-31-27(2,3)4/h6-13,15,31H,5,14,16H2,1-4H3,(H2,28,32,33,35). The molecule has 0 aliphatic rings. The molecule has 1 aromatic carbocycles. The Morgan fingerprint density at radius 1 is 1.03 bits per heavy atom. The third-order valence-electron chi connectivity index (χ3n) is 5.34. The van der Waals surface area contributed by atoms with Gasteiger partial charge in [-0.15, -0.1) is 0 Å². The maximum absolute atomic E-state index is 12.3. The quantitative estimate of drug-likeness (QED) is 0.311. The molecule has 0 spiro atoms. The molecule has 3 aromatic heterocycles. The number of nitrogens with zero attached hydrogens (tertiary/aromatic N) is 3. The zero-order valence-corrected chi connectivity index (χ0v) is 21.7. The highest BCUT2D eigenvalue weighted by atomic mass is 32.1. The van der Waals surface area contributed by atoms with Crippen LogP contribution in [0, 0.1) is 0 Å². The van der Waals surface area contributed by atoms with Crippen molar-refractivity contribution >= 4 is 38.5 Å². The summed E-state index contributed by atoms with van der Waals surface area (Å²) in [4.78, 5) is 38.1. The summed E-state index contributed by atoms with van der Waals surface area (Å²) in [6.07, 6.45) is 3.82. The zero-order valence-electron chi connectivity index (χ0n) is 20.9. The van der Waals surface area contributed by atoms with E-state index in [1.165, 1.54) is 11.3 Å². The fourth-order valence-corrected chi connectivity index (χ4v) is 4.56. The van der Waals surface area contributed by atoms with Gasteiger partial charge in [0.15, 0.2) is 10.9 Å². The second kappa shape index (κ2) is 10.9. The molecule has 0 bridgehead atoms. The van der Waals surface area contributed by atoms with E-state index in [0.717, 1.165) is 38.3 Å². The van der Waals surface area contributed by atoms with Crippen molar-refractivity contribution in [2.75, 3.05) is 18.4 Å². The van der Waals surface area contributed by atoms with Crippen molar-refractivity contribution in [1.29, 1.82) is 0 Å². The van der Waals surface area contributed by atoms with Crippen LogP contribution in [0.1, 0.15) is 33.4 Å². The molecule has 0 radical (unpaired) electrons. The molecule has 0 saturated carbocycles. The van der Waals surface area contributed by atoms with Gasteiger partial charge in [0.05, 0.1) is 28.9 Å². The van der Waals surface area contributed by atoms with E-state index in [-0.39, 0.29) is 23.8 Å². The van der Waals surface area contributed by atoms with Crippen molar-refractivity contribution in [2.45, 2.75) is 39.7 Å². The first kappa shape index (κ1) is 25.4. The number of aromatic nitrogens is 3. The predicted octanol–water partition coefficient (Wildman–Crippen LogP) is 5.06. The number of carbonyl (C=O) groups excluding carboxylic acids is 2. The number of benzene rings is 1. The number of pyridine rings is 2. The number of thiazole rings is 1. The van der Waals surface area contributed by atoms with E-state index in [4.69, 9.17) is 0 Å². The SMILES string of the molecule is CCNC(=O)Nc1nc2cc(-c3ccc(CC(=O)CNC(C)(C)C)nc3)cc(-c3ccccn3)c2s1. The van der Waals surface area contributed by atoms with Crippen LogP contribution in [0.15, 0.2) is 54.9 Å². The van der Waals surface area contributed by atoms with Crippen molar-refractivity contribution < 1.29 is 9.59 Å². The van der Waals surface area contributed by atoms with Gasteiger partial charge < -0.3 is 10.6 Å². The van der Waals surface area contributed by atoms with Gasteiger partial charge in [-0.3, -0.25) is 20.1 Å². The van der Waals surface area contributed by atoms with Gasteiger partial charge in [-0.2, -0.15) is 0 Å². The van der Waals surface area contributed by atoms with Gasteiger partial charge in [0.2, 0.25) is 0 Å². The summed E-state index contributed by atoms with van der Waals surface area (Å²) in [5.74, 6) is 0.0960.